The number of halogens is 1. The van der Waals surface area contributed by atoms with Gasteiger partial charge in [-0.25, -0.2) is 4.39 Å². The molecule has 1 N–H and O–H groups in total. The molecule has 4 nitrogen and oxygen atoms in total. The van der Waals surface area contributed by atoms with Crippen molar-refractivity contribution >= 4 is 12.3 Å². The van der Waals surface area contributed by atoms with Gasteiger partial charge in [-0.1, -0.05) is 0 Å². The fourth-order valence-corrected chi connectivity index (χ4v) is 1.30. The molecule has 0 aromatic heterocycles. The first-order valence-corrected chi connectivity index (χ1v) is 5.22. The fraction of sp³-hybridized carbons (Fsp3) is 0.333. The number of benzene rings is 1. The van der Waals surface area contributed by atoms with Crippen LogP contribution in [0.15, 0.2) is 18.2 Å². The number of carboxylic acids is 1. The van der Waals surface area contributed by atoms with Crippen molar-refractivity contribution in [2.45, 2.75) is 19.3 Å². The number of ether oxygens (including phenoxy) is 1. The summed E-state index contributed by atoms with van der Waals surface area (Å²) in [7, 11) is 0. The smallest absolute Gasteiger partial charge is 0.303 e. The molecular formula is C12H13FO4. The number of hydrogen-bond donors (Lipinski definition) is 1. The number of carbonyl (C=O) groups excluding carboxylic acids is 1. The molecule has 0 unspecified atom stereocenters. The van der Waals surface area contributed by atoms with Gasteiger partial charge in [0, 0.05) is 18.1 Å². The number of hydrogen-bond acceptors (Lipinski definition) is 3. The summed E-state index contributed by atoms with van der Waals surface area (Å²) < 4.78 is 18.2. The van der Waals surface area contributed by atoms with Gasteiger partial charge in [0.2, 0.25) is 0 Å². The summed E-state index contributed by atoms with van der Waals surface area (Å²) in [6.07, 6.45) is 1.71. The van der Waals surface area contributed by atoms with E-state index in [1.807, 2.05) is 0 Å². The Morgan fingerprint density at radius 2 is 2.12 bits per heavy atom. The number of rotatable bonds is 7. The third-order valence-electron chi connectivity index (χ3n) is 2.08. The van der Waals surface area contributed by atoms with E-state index in [4.69, 9.17) is 9.84 Å². The average Bonchev–Trinajstić information content (AvgIpc) is 2.27. The second kappa shape index (κ2) is 6.62. The lowest BCUT2D eigenvalue weighted by Crippen LogP contribution is -2.01. The van der Waals surface area contributed by atoms with Crippen LogP contribution in [0, 0.1) is 5.82 Å². The molecule has 5 heteroatoms. The molecule has 1 aromatic carbocycles. The van der Waals surface area contributed by atoms with Crippen molar-refractivity contribution in [1.29, 1.82) is 0 Å². The van der Waals surface area contributed by atoms with Crippen LogP contribution in [0.1, 0.15) is 29.6 Å². The van der Waals surface area contributed by atoms with E-state index >= 15 is 0 Å². The van der Waals surface area contributed by atoms with Gasteiger partial charge in [-0.15, -0.1) is 0 Å². The van der Waals surface area contributed by atoms with Gasteiger partial charge in [-0.05, 0) is 25.0 Å². The highest BCUT2D eigenvalue weighted by molar-refractivity contribution is 5.75. The molecule has 1 rings (SSSR count). The van der Waals surface area contributed by atoms with Gasteiger partial charge in [0.05, 0.1) is 6.61 Å². The van der Waals surface area contributed by atoms with Crippen LogP contribution in [0.2, 0.25) is 0 Å². The van der Waals surface area contributed by atoms with Gasteiger partial charge in [0.25, 0.3) is 0 Å². The zero-order valence-electron chi connectivity index (χ0n) is 9.19. The first-order valence-electron chi connectivity index (χ1n) is 5.22. The topological polar surface area (TPSA) is 63.6 Å². The summed E-state index contributed by atoms with van der Waals surface area (Å²) in [6, 6.07) is 3.74. The van der Waals surface area contributed by atoms with Gasteiger partial charge in [-0.3, -0.25) is 9.59 Å². The first kappa shape index (κ1) is 13.2. The van der Waals surface area contributed by atoms with Crippen molar-refractivity contribution in [1.82, 2.24) is 0 Å². The first-order chi connectivity index (χ1) is 8.11. The Hall–Kier alpha value is -1.91. The third kappa shape index (κ3) is 5.10. The van der Waals surface area contributed by atoms with Crippen LogP contribution in [0.25, 0.3) is 0 Å². The molecule has 0 saturated carbocycles. The van der Waals surface area contributed by atoms with Crippen LogP contribution >= 0.6 is 0 Å². The van der Waals surface area contributed by atoms with Gasteiger partial charge < -0.3 is 9.84 Å². The highest BCUT2D eigenvalue weighted by Crippen LogP contribution is 2.15. The Labute approximate surface area is 98.0 Å². The largest absolute Gasteiger partial charge is 0.493 e. The predicted octanol–water partition coefficient (Wildman–Crippen LogP) is 2.27. The molecule has 0 spiro atoms. The lowest BCUT2D eigenvalue weighted by atomic mass is 10.2. The van der Waals surface area contributed by atoms with Crippen molar-refractivity contribution in [2.75, 3.05) is 6.61 Å². The molecule has 0 fully saturated rings. The van der Waals surface area contributed by atoms with Crippen LogP contribution in [-0.2, 0) is 4.79 Å². The van der Waals surface area contributed by atoms with Crippen molar-refractivity contribution < 1.29 is 23.8 Å². The molecule has 0 heterocycles. The van der Waals surface area contributed by atoms with Gasteiger partial charge >= 0.3 is 5.97 Å². The number of unbranched alkanes of at least 4 members (excludes halogenated alkanes) is 1. The summed E-state index contributed by atoms with van der Waals surface area (Å²) >= 11 is 0. The quantitative estimate of drug-likeness (QED) is 0.586. The molecule has 0 radical (unpaired) electrons. The Balaban J connectivity index is 2.38. The molecule has 0 saturated heterocycles. The minimum absolute atomic E-state index is 0.0894. The van der Waals surface area contributed by atoms with E-state index in [2.05, 4.69) is 0 Å². The Bertz CT molecular complexity index is 403. The van der Waals surface area contributed by atoms with Crippen LogP contribution in [-0.4, -0.2) is 24.0 Å². The fourth-order valence-electron chi connectivity index (χ4n) is 1.30. The van der Waals surface area contributed by atoms with E-state index in [-0.39, 0.29) is 17.7 Å². The highest BCUT2D eigenvalue weighted by atomic mass is 19.1. The Morgan fingerprint density at radius 3 is 2.76 bits per heavy atom. The molecule has 0 atom stereocenters. The zero-order chi connectivity index (χ0) is 12.7. The van der Waals surface area contributed by atoms with Crippen LogP contribution in [0.5, 0.6) is 5.75 Å². The minimum Gasteiger partial charge on any atom is -0.493 e. The molecule has 0 aliphatic heterocycles. The van der Waals surface area contributed by atoms with Gasteiger partial charge in [0.15, 0.2) is 0 Å². The molecule has 1 aromatic rings. The van der Waals surface area contributed by atoms with E-state index < -0.39 is 11.8 Å². The van der Waals surface area contributed by atoms with E-state index in [1.165, 1.54) is 12.1 Å². The highest BCUT2D eigenvalue weighted by Gasteiger charge is 2.02. The maximum atomic E-state index is 13.0. The van der Waals surface area contributed by atoms with Crippen LogP contribution in [0.3, 0.4) is 0 Å². The summed E-state index contributed by atoms with van der Waals surface area (Å²) in [5.74, 6) is -1.10. The molecule has 0 aliphatic rings. The standard InChI is InChI=1S/C12H13FO4/c13-10-5-9(8-14)6-11(7-10)17-4-2-1-3-12(15)16/h5-8H,1-4H2,(H,15,16). The van der Waals surface area contributed by atoms with Crippen LogP contribution in [0.4, 0.5) is 4.39 Å². The SMILES string of the molecule is O=Cc1cc(F)cc(OCCCCC(=O)O)c1. The number of carbonyl (C=O) groups is 2. The summed E-state index contributed by atoms with van der Waals surface area (Å²) in [6.45, 7) is 0.301. The molecular weight excluding hydrogens is 227 g/mol. The van der Waals surface area contributed by atoms with Crippen molar-refractivity contribution in [3.05, 3.63) is 29.6 Å². The van der Waals surface area contributed by atoms with Crippen molar-refractivity contribution in [3.63, 3.8) is 0 Å². The predicted molar refractivity (Wildman–Crippen MR) is 58.8 cm³/mol. The third-order valence-corrected chi connectivity index (χ3v) is 2.08. The number of aldehydes is 1. The summed E-state index contributed by atoms with van der Waals surface area (Å²) in [5.41, 5.74) is 0.213. The molecule has 0 bridgehead atoms. The summed E-state index contributed by atoms with van der Waals surface area (Å²) in [5, 5.41) is 8.41. The summed E-state index contributed by atoms with van der Waals surface area (Å²) in [4.78, 5) is 20.7. The van der Waals surface area contributed by atoms with Gasteiger partial charge in [0.1, 0.15) is 17.9 Å². The van der Waals surface area contributed by atoms with E-state index in [9.17, 15) is 14.0 Å². The maximum Gasteiger partial charge on any atom is 0.303 e. The number of aliphatic carboxylic acids is 1. The second-order valence-electron chi connectivity index (χ2n) is 3.54. The maximum absolute atomic E-state index is 13.0. The monoisotopic (exact) mass is 240 g/mol. The molecule has 17 heavy (non-hydrogen) atoms. The van der Waals surface area contributed by atoms with Crippen LogP contribution < -0.4 is 4.74 Å². The van der Waals surface area contributed by atoms with E-state index in [0.717, 1.165) is 6.07 Å². The number of carboxylic acid groups (broad SMARTS) is 1. The lowest BCUT2D eigenvalue weighted by Gasteiger charge is -2.06. The minimum atomic E-state index is -0.848. The zero-order valence-corrected chi connectivity index (χ0v) is 9.19. The van der Waals surface area contributed by atoms with E-state index in [1.54, 1.807) is 0 Å². The molecule has 0 aliphatic carbocycles. The Kier molecular flexibility index (Phi) is 5.13. The Morgan fingerprint density at radius 1 is 1.35 bits per heavy atom. The molecule has 92 valence electrons. The lowest BCUT2D eigenvalue weighted by molar-refractivity contribution is -0.137. The second-order valence-corrected chi connectivity index (χ2v) is 3.54. The van der Waals surface area contributed by atoms with Crippen molar-refractivity contribution in [3.8, 4) is 5.75 Å². The average molecular weight is 240 g/mol. The normalized spacial score (nSPS) is 9.94. The van der Waals surface area contributed by atoms with Crippen molar-refractivity contribution in [2.24, 2.45) is 0 Å². The molecule has 0 amide bonds. The van der Waals surface area contributed by atoms with E-state index in [0.29, 0.717) is 25.7 Å². The van der Waals surface area contributed by atoms with Gasteiger partial charge in [-0.2, -0.15) is 0 Å².